The predicted molar refractivity (Wildman–Crippen MR) is 53.8 cm³/mol. The average Bonchev–Trinajstić information content (AvgIpc) is 2.15. The third-order valence-electron chi connectivity index (χ3n) is 3.20. The molecule has 1 N–H and O–H groups in total. The van der Waals surface area contributed by atoms with Crippen molar-refractivity contribution in [1.82, 2.24) is 0 Å². The molecule has 82 valence electrons. The molecule has 3 nitrogen and oxygen atoms in total. The monoisotopic (exact) mass is 200 g/mol. The lowest BCUT2D eigenvalue weighted by Gasteiger charge is -2.41. The number of ether oxygens (including phenoxy) is 1. The summed E-state index contributed by atoms with van der Waals surface area (Å²) >= 11 is 0. The van der Waals surface area contributed by atoms with Gasteiger partial charge in [-0.3, -0.25) is 4.79 Å². The summed E-state index contributed by atoms with van der Waals surface area (Å²) in [6.45, 7) is 2.08. The van der Waals surface area contributed by atoms with E-state index in [-0.39, 0.29) is 11.9 Å². The zero-order valence-electron chi connectivity index (χ0n) is 9.08. The lowest BCUT2D eigenvalue weighted by Crippen LogP contribution is -2.48. The quantitative estimate of drug-likeness (QED) is 0.689. The number of methoxy groups -OCH3 is 1. The maximum absolute atomic E-state index is 11.5. The Labute approximate surface area is 85.5 Å². The number of carbonyl (C=O) groups is 1. The molecule has 1 fully saturated rings. The fourth-order valence-electron chi connectivity index (χ4n) is 2.04. The van der Waals surface area contributed by atoms with Gasteiger partial charge in [-0.2, -0.15) is 0 Å². The van der Waals surface area contributed by atoms with E-state index in [4.69, 9.17) is 4.74 Å². The van der Waals surface area contributed by atoms with Crippen molar-refractivity contribution >= 4 is 5.97 Å². The van der Waals surface area contributed by atoms with Gasteiger partial charge in [-0.15, -0.1) is 0 Å². The summed E-state index contributed by atoms with van der Waals surface area (Å²) in [5.41, 5.74) is -0.762. The Hall–Kier alpha value is -0.570. The molecule has 0 spiro atoms. The highest BCUT2D eigenvalue weighted by molar-refractivity contribution is 5.73. The van der Waals surface area contributed by atoms with Gasteiger partial charge < -0.3 is 9.84 Å². The first-order valence-electron chi connectivity index (χ1n) is 5.44. The van der Waals surface area contributed by atoms with Gasteiger partial charge in [-0.05, 0) is 25.7 Å². The molecule has 14 heavy (non-hydrogen) atoms. The molecular weight excluding hydrogens is 180 g/mol. The molecule has 1 aliphatic rings. The summed E-state index contributed by atoms with van der Waals surface area (Å²) in [6, 6.07) is 0. The Morgan fingerprint density at radius 1 is 1.57 bits per heavy atom. The number of hydrogen-bond acceptors (Lipinski definition) is 3. The normalized spacial score (nSPS) is 21.1. The third kappa shape index (κ3) is 2.27. The largest absolute Gasteiger partial charge is 0.469 e. The predicted octanol–water partition coefficient (Wildman–Crippen LogP) is 1.88. The number of carbonyl (C=O) groups excluding carboxylic acids is 1. The topological polar surface area (TPSA) is 46.5 Å². The fourth-order valence-corrected chi connectivity index (χ4v) is 2.04. The second-order valence-electron chi connectivity index (χ2n) is 4.18. The first kappa shape index (κ1) is 11.5. The van der Waals surface area contributed by atoms with E-state index in [2.05, 4.69) is 6.92 Å². The van der Waals surface area contributed by atoms with Crippen molar-refractivity contribution in [3.63, 3.8) is 0 Å². The van der Waals surface area contributed by atoms with Gasteiger partial charge >= 0.3 is 5.97 Å². The van der Waals surface area contributed by atoms with Gasteiger partial charge in [0, 0.05) is 0 Å². The SMILES string of the molecule is CCCCC(C(=O)OC)C1(O)CCC1. The van der Waals surface area contributed by atoms with Gasteiger partial charge in [0.2, 0.25) is 0 Å². The van der Waals surface area contributed by atoms with Crippen LogP contribution in [0.4, 0.5) is 0 Å². The number of hydrogen-bond donors (Lipinski definition) is 1. The molecule has 0 amide bonds. The molecule has 0 saturated heterocycles. The Bertz CT molecular complexity index is 197. The van der Waals surface area contributed by atoms with Gasteiger partial charge in [0.05, 0.1) is 18.6 Å². The summed E-state index contributed by atoms with van der Waals surface area (Å²) in [4.78, 5) is 11.5. The molecule has 0 aromatic heterocycles. The average molecular weight is 200 g/mol. The molecule has 1 unspecified atom stereocenters. The van der Waals surface area contributed by atoms with Crippen molar-refractivity contribution in [3.8, 4) is 0 Å². The van der Waals surface area contributed by atoms with Crippen LogP contribution in [-0.4, -0.2) is 23.8 Å². The van der Waals surface area contributed by atoms with Crippen molar-refractivity contribution in [3.05, 3.63) is 0 Å². The molecule has 0 bridgehead atoms. The Kier molecular flexibility index (Phi) is 3.93. The van der Waals surface area contributed by atoms with E-state index >= 15 is 0 Å². The summed E-state index contributed by atoms with van der Waals surface area (Å²) in [7, 11) is 1.39. The molecule has 0 aromatic carbocycles. The molecule has 1 saturated carbocycles. The first-order chi connectivity index (χ1) is 6.64. The number of unbranched alkanes of at least 4 members (excludes halogenated alkanes) is 1. The fraction of sp³-hybridized carbons (Fsp3) is 0.909. The molecule has 0 aromatic rings. The zero-order valence-corrected chi connectivity index (χ0v) is 9.08. The molecule has 3 heteroatoms. The maximum Gasteiger partial charge on any atom is 0.311 e. The highest BCUT2D eigenvalue weighted by Crippen LogP contribution is 2.40. The molecular formula is C11H20O3. The van der Waals surface area contributed by atoms with Gasteiger partial charge in [0.25, 0.3) is 0 Å². The van der Waals surface area contributed by atoms with Crippen molar-refractivity contribution in [2.45, 2.75) is 51.0 Å². The molecule has 1 aliphatic carbocycles. The van der Waals surface area contributed by atoms with Gasteiger partial charge in [-0.25, -0.2) is 0 Å². The summed E-state index contributed by atoms with van der Waals surface area (Å²) in [5.74, 6) is -0.554. The summed E-state index contributed by atoms with van der Waals surface area (Å²) in [5, 5.41) is 10.1. The molecule has 0 aliphatic heterocycles. The summed E-state index contributed by atoms with van der Waals surface area (Å²) < 4.78 is 4.73. The van der Waals surface area contributed by atoms with E-state index in [0.29, 0.717) is 0 Å². The van der Waals surface area contributed by atoms with Crippen LogP contribution >= 0.6 is 0 Å². The van der Waals surface area contributed by atoms with Crippen LogP contribution in [0.25, 0.3) is 0 Å². The van der Waals surface area contributed by atoms with Gasteiger partial charge in [0.15, 0.2) is 0 Å². The first-order valence-corrected chi connectivity index (χ1v) is 5.44. The highest BCUT2D eigenvalue weighted by Gasteiger charge is 2.45. The van der Waals surface area contributed by atoms with E-state index in [1.54, 1.807) is 0 Å². The van der Waals surface area contributed by atoms with E-state index in [1.165, 1.54) is 7.11 Å². The third-order valence-corrected chi connectivity index (χ3v) is 3.20. The van der Waals surface area contributed by atoms with Crippen LogP contribution in [0.1, 0.15) is 45.4 Å². The number of rotatable bonds is 5. The van der Waals surface area contributed by atoms with Crippen LogP contribution < -0.4 is 0 Å². The molecule has 0 heterocycles. The van der Waals surface area contributed by atoms with Crippen LogP contribution in [0.15, 0.2) is 0 Å². The van der Waals surface area contributed by atoms with E-state index < -0.39 is 5.60 Å². The minimum Gasteiger partial charge on any atom is -0.469 e. The smallest absolute Gasteiger partial charge is 0.311 e. The lowest BCUT2D eigenvalue weighted by atomic mass is 9.69. The van der Waals surface area contributed by atoms with Crippen LogP contribution in [-0.2, 0) is 9.53 Å². The number of aliphatic hydroxyl groups is 1. The van der Waals surface area contributed by atoms with E-state index in [1.807, 2.05) is 0 Å². The minimum atomic E-state index is -0.762. The summed E-state index contributed by atoms with van der Waals surface area (Å²) in [6.07, 6.45) is 5.29. The van der Waals surface area contributed by atoms with Crippen LogP contribution in [0.3, 0.4) is 0 Å². The molecule has 1 atom stereocenters. The van der Waals surface area contributed by atoms with E-state index in [9.17, 15) is 9.90 Å². The second kappa shape index (κ2) is 4.78. The minimum absolute atomic E-state index is 0.249. The van der Waals surface area contributed by atoms with Crippen molar-refractivity contribution in [1.29, 1.82) is 0 Å². The molecule has 1 rings (SSSR count). The number of esters is 1. The van der Waals surface area contributed by atoms with Gasteiger partial charge in [0.1, 0.15) is 0 Å². The standard InChI is InChI=1S/C11H20O3/c1-3-4-6-9(10(12)14-2)11(13)7-5-8-11/h9,13H,3-8H2,1-2H3. The van der Waals surface area contributed by atoms with Crippen molar-refractivity contribution in [2.75, 3.05) is 7.11 Å². The second-order valence-corrected chi connectivity index (χ2v) is 4.18. The van der Waals surface area contributed by atoms with Crippen LogP contribution in [0, 0.1) is 5.92 Å². The Morgan fingerprint density at radius 3 is 2.57 bits per heavy atom. The lowest BCUT2D eigenvalue weighted by molar-refractivity contribution is -0.164. The Morgan fingerprint density at radius 2 is 2.21 bits per heavy atom. The molecule has 0 radical (unpaired) electrons. The Balaban J connectivity index is 2.56. The zero-order chi connectivity index (χ0) is 10.6. The maximum atomic E-state index is 11.5. The van der Waals surface area contributed by atoms with Gasteiger partial charge in [-0.1, -0.05) is 19.8 Å². The van der Waals surface area contributed by atoms with Crippen molar-refractivity contribution < 1.29 is 14.6 Å². The van der Waals surface area contributed by atoms with Crippen LogP contribution in [0.5, 0.6) is 0 Å². The highest BCUT2D eigenvalue weighted by atomic mass is 16.5. The van der Waals surface area contributed by atoms with Crippen LogP contribution in [0.2, 0.25) is 0 Å². The van der Waals surface area contributed by atoms with E-state index in [0.717, 1.165) is 38.5 Å². The van der Waals surface area contributed by atoms with Crippen molar-refractivity contribution in [2.24, 2.45) is 5.92 Å².